The van der Waals surface area contributed by atoms with Gasteiger partial charge in [0.2, 0.25) is 5.88 Å². The number of nitrogens with two attached hydrogens (primary N) is 2. The predicted molar refractivity (Wildman–Crippen MR) is 48.2 cm³/mol. The summed E-state index contributed by atoms with van der Waals surface area (Å²) in [5.74, 6) is -0.927. The summed E-state index contributed by atoms with van der Waals surface area (Å²) >= 11 is 5.63. The Morgan fingerprint density at radius 1 is 1.47 bits per heavy atom. The zero-order valence-corrected chi connectivity index (χ0v) is 8.06. The quantitative estimate of drug-likeness (QED) is 0.826. The van der Waals surface area contributed by atoms with Gasteiger partial charge in [-0.25, -0.2) is 0 Å². The van der Waals surface area contributed by atoms with Crippen LogP contribution >= 0.6 is 11.6 Å². The molecule has 0 aliphatic heterocycles. The SMILES string of the molecule is NCc1cc(OC(F)(F)F)nc(N)c1Cl. The van der Waals surface area contributed by atoms with Crippen molar-refractivity contribution < 1.29 is 17.9 Å². The third-order valence-electron chi connectivity index (χ3n) is 1.48. The van der Waals surface area contributed by atoms with E-state index in [0.717, 1.165) is 6.07 Å². The summed E-state index contributed by atoms with van der Waals surface area (Å²) < 4.78 is 39.1. The van der Waals surface area contributed by atoms with Crippen molar-refractivity contribution in [3.63, 3.8) is 0 Å². The molecule has 1 aromatic rings. The third-order valence-corrected chi connectivity index (χ3v) is 1.91. The van der Waals surface area contributed by atoms with E-state index >= 15 is 0 Å². The van der Waals surface area contributed by atoms with Crippen molar-refractivity contribution in [2.45, 2.75) is 12.9 Å². The number of nitrogens with zero attached hydrogens (tertiary/aromatic N) is 1. The van der Waals surface area contributed by atoms with Crippen LogP contribution in [0.5, 0.6) is 5.88 Å². The van der Waals surface area contributed by atoms with Gasteiger partial charge < -0.3 is 16.2 Å². The second kappa shape index (κ2) is 4.11. The molecule has 0 aliphatic carbocycles. The summed E-state index contributed by atoms with van der Waals surface area (Å²) in [5.41, 5.74) is 10.8. The van der Waals surface area contributed by atoms with Crippen molar-refractivity contribution >= 4 is 17.4 Å². The lowest BCUT2D eigenvalue weighted by atomic mass is 10.2. The average molecular weight is 242 g/mol. The Morgan fingerprint density at radius 2 is 2.07 bits per heavy atom. The molecular formula is C7H7ClF3N3O. The summed E-state index contributed by atoms with van der Waals surface area (Å²) in [6.07, 6.45) is -4.82. The van der Waals surface area contributed by atoms with Gasteiger partial charge in [-0.3, -0.25) is 0 Å². The number of nitrogen functional groups attached to an aromatic ring is 1. The van der Waals surface area contributed by atoms with Crippen LogP contribution in [0.2, 0.25) is 5.02 Å². The fourth-order valence-corrected chi connectivity index (χ4v) is 1.07. The number of aromatic nitrogens is 1. The van der Waals surface area contributed by atoms with Gasteiger partial charge in [0.1, 0.15) is 5.82 Å². The molecule has 1 rings (SSSR count). The summed E-state index contributed by atoms with van der Waals surface area (Å²) in [6, 6.07) is 0.992. The lowest BCUT2D eigenvalue weighted by molar-refractivity contribution is -0.276. The van der Waals surface area contributed by atoms with E-state index in [2.05, 4.69) is 9.72 Å². The highest BCUT2D eigenvalue weighted by Gasteiger charge is 2.32. The minimum Gasteiger partial charge on any atom is -0.388 e. The minimum atomic E-state index is -4.82. The van der Waals surface area contributed by atoms with E-state index in [1.165, 1.54) is 0 Å². The van der Waals surface area contributed by atoms with E-state index in [1.807, 2.05) is 0 Å². The van der Waals surface area contributed by atoms with Gasteiger partial charge in [0.25, 0.3) is 0 Å². The van der Waals surface area contributed by atoms with E-state index < -0.39 is 12.2 Å². The molecule has 0 aromatic carbocycles. The molecule has 1 heterocycles. The van der Waals surface area contributed by atoms with E-state index in [0.29, 0.717) is 0 Å². The molecule has 0 spiro atoms. The van der Waals surface area contributed by atoms with Gasteiger partial charge in [0.05, 0.1) is 5.02 Å². The zero-order chi connectivity index (χ0) is 11.6. The first-order valence-corrected chi connectivity index (χ1v) is 4.12. The molecule has 1 aromatic heterocycles. The van der Waals surface area contributed by atoms with E-state index in [-0.39, 0.29) is 22.9 Å². The Labute approximate surface area is 88.0 Å². The maximum Gasteiger partial charge on any atom is 0.574 e. The third kappa shape index (κ3) is 3.14. The molecule has 0 atom stereocenters. The van der Waals surface area contributed by atoms with E-state index in [1.54, 1.807) is 0 Å². The smallest absolute Gasteiger partial charge is 0.388 e. The molecule has 4 N–H and O–H groups in total. The number of rotatable bonds is 2. The normalized spacial score (nSPS) is 11.5. The Balaban J connectivity index is 3.06. The molecule has 15 heavy (non-hydrogen) atoms. The molecule has 0 saturated carbocycles. The molecule has 0 unspecified atom stereocenters. The number of pyridine rings is 1. The maximum atomic E-state index is 11.8. The molecule has 0 saturated heterocycles. The number of hydrogen-bond acceptors (Lipinski definition) is 4. The molecule has 0 fully saturated rings. The number of ether oxygens (including phenoxy) is 1. The van der Waals surface area contributed by atoms with Crippen molar-refractivity contribution in [3.8, 4) is 5.88 Å². The van der Waals surface area contributed by atoms with Gasteiger partial charge in [-0.2, -0.15) is 4.98 Å². The molecule has 4 nitrogen and oxygen atoms in total. The lowest BCUT2D eigenvalue weighted by Gasteiger charge is -2.10. The van der Waals surface area contributed by atoms with Crippen molar-refractivity contribution in [2.24, 2.45) is 5.73 Å². The number of hydrogen-bond donors (Lipinski definition) is 2. The van der Waals surface area contributed by atoms with Crippen molar-refractivity contribution in [1.82, 2.24) is 4.98 Å². The second-order valence-electron chi connectivity index (χ2n) is 2.57. The minimum absolute atomic E-state index is 0.0343. The highest BCUT2D eigenvalue weighted by molar-refractivity contribution is 6.33. The van der Waals surface area contributed by atoms with Crippen molar-refractivity contribution in [3.05, 3.63) is 16.7 Å². The number of halogens is 4. The van der Waals surface area contributed by atoms with Crippen LogP contribution in [0.4, 0.5) is 19.0 Å². The number of alkyl halides is 3. The van der Waals surface area contributed by atoms with Gasteiger partial charge in [-0.15, -0.1) is 13.2 Å². The Morgan fingerprint density at radius 3 is 2.53 bits per heavy atom. The summed E-state index contributed by atoms with van der Waals surface area (Å²) in [6.45, 7) is -0.0558. The van der Waals surface area contributed by atoms with Gasteiger partial charge in [-0.1, -0.05) is 11.6 Å². The highest BCUT2D eigenvalue weighted by Crippen LogP contribution is 2.28. The molecule has 0 aliphatic rings. The van der Waals surface area contributed by atoms with Crippen LogP contribution in [-0.2, 0) is 6.54 Å². The van der Waals surface area contributed by atoms with Gasteiger partial charge in [0.15, 0.2) is 0 Å². The maximum absolute atomic E-state index is 11.8. The lowest BCUT2D eigenvalue weighted by Crippen LogP contribution is -2.18. The first-order chi connectivity index (χ1) is 6.83. The van der Waals surface area contributed by atoms with Crippen LogP contribution in [0.1, 0.15) is 5.56 Å². The summed E-state index contributed by atoms with van der Waals surface area (Å²) in [4.78, 5) is 3.31. The predicted octanol–water partition coefficient (Wildman–Crippen LogP) is 1.67. The van der Waals surface area contributed by atoms with Crippen LogP contribution in [0.15, 0.2) is 6.07 Å². The van der Waals surface area contributed by atoms with Gasteiger partial charge in [-0.05, 0) is 5.56 Å². The summed E-state index contributed by atoms with van der Waals surface area (Å²) in [7, 11) is 0. The van der Waals surface area contributed by atoms with Crippen LogP contribution in [0, 0.1) is 0 Å². The van der Waals surface area contributed by atoms with Gasteiger partial charge >= 0.3 is 6.36 Å². The van der Waals surface area contributed by atoms with Crippen LogP contribution < -0.4 is 16.2 Å². The van der Waals surface area contributed by atoms with Crippen LogP contribution in [0.3, 0.4) is 0 Å². The Bertz CT molecular complexity index is 369. The Hall–Kier alpha value is -1.21. The molecule has 84 valence electrons. The fourth-order valence-electron chi connectivity index (χ4n) is 0.896. The molecule has 0 bridgehead atoms. The molecule has 8 heteroatoms. The molecular weight excluding hydrogens is 235 g/mol. The topological polar surface area (TPSA) is 74.2 Å². The van der Waals surface area contributed by atoms with E-state index in [4.69, 9.17) is 23.1 Å². The average Bonchev–Trinajstić information content (AvgIpc) is 2.08. The van der Waals surface area contributed by atoms with Crippen molar-refractivity contribution in [2.75, 3.05) is 5.73 Å². The molecule has 0 radical (unpaired) electrons. The first kappa shape index (κ1) is 11.9. The van der Waals surface area contributed by atoms with Crippen LogP contribution in [0.25, 0.3) is 0 Å². The fraction of sp³-hybridized carbons (Fsp3) is 0.286. The second-order valence-corrected chi connectivity index (χ2v) is 2.95. The monoisotopic (exact) mass is 241 g/mol. The number of anilines is 1. The van der Waals surface area contributed by atoms with Crippen LogP contribution in [-0.4, -0.2) is 11.3 Å². The highest BCUT2D eigenvalue weighted by atomic mass is 35.5. The zero-order valence-electron chi connectivity index (χ0n) is 7.31. The molecule has 0 amide bonds. The largest absolute Gasteiger partial charge is 0.574 e. The van der Waals surface area contributed by atoms with Gasteiger partial charge in [0, 0.05) is 12.6 Å². The van der Waals surface area contributed by atoms with Crippen molar-refractivity contribution in [1.29, 1.82) is 0 Å². The van der Waals surface area contributed by atoms with E-state index in [9.17, 15) is 13.2 Å². The summed E-state index contributed by atoms with van der Waals surface area (Å²) in [5, 5.41) is 0.0343. The Kier molecular flexibility index (Phi) is 3.25. The standard InChI is InChI=1S/C7H7ClF3N3O/c8-5-3(2-12)1-4(14-6(5)13)15-7(9,10)11/h1H,2,12H2,(H2,13,14). The first-order valence-electron chi connectivity index (χ1n) is 3.74.